The van der Waals surface area contributed by atoms with E-state index < -0.39 is 5.91 Å². The molecule has 0 saturated carbocycles. The van der Waals surface area contributed by atoms with Gasteiger partial charge in [0.2, 0.25) is 0 Å². The molecule has 0 aromatic heterocycles. The first-order valence-electron chi connectivity index (χ1n) is 7.31. The van der Waals surface area contributed by atoms with Crippen molar-refractivity contribution in [3.8, 4) is 6.07 Å². The molecule has 2 N–H and O–H groups in total. The Kier molecular flexibility index (Phi) is 6.61. The van der Waals surface area contributed by atoms with Crippen LogP contribution >= 0.6 is 0 Å². The Hall–Kier alpha value is -2.32. The molecule has 0 spiro atoms. The molecule has 5 nitrogen and oxygen atoms in total. The topological polar surface area (TPSA) is 73.4 Å². The van der Waals surface area contributed by atoms with Gasteiger partial charge < -0.3 is 15.5 Å². The second kappa shape index (κ2) is 8.20. The van der Waals surface area contributed by atoms with Gasteiger partial charge in [0.25, 0.3) is 5.91 Å². The Morgan fingerprint density at radius 3 is 2.23 bits per heavy atom. The van der Waals surface area contributed by atoms with E-state index in [9.17, 15) is 4.79 Å². The summed E-state index contributed by atoms with van der Waals surface area (Å²) in [5.74, 6) is -0.690. The highest BCUT2D eigenvalue weighted by molar-refractivity contribution is 6.03. The second-order valence-corrected chi connectivity index (χ2v) is 5.41. The summed E-state index contributed by atoms with van der Waals surface area (Å²) in [5.41, 5.74) is 7.80. The zero-order chi connectivity index (χ0) is 16.7. The van der Waals surface area contributed by atoms with Gasteiger partial charge in [0.15, 0.2) is 0 Å². The predicted octanol–water partition coefficient (Wildman–Crippen LogP) is 1.86. The maximum Gasteiger partial charge on any atom is 0.259 e. The van der Waals surface area contributed by atoms with Crippen LogP contribution in [0.1, 0.15) is 19.4 Å². The average molecular weight is 300 g/mol. The fraction of sp³-hybridized carbons (Fsp3) is 0.412. The number of rotatable bonds is 7. The fourth-order valence-corrected chi connectivity index (χ4v) is 2.18. The van der Waals surface area contributed by atoms with E-state index in [1.165, 1.54) is 0 Å². The molecule has 118 valence electrons. The van der Waals surface area contributed by atoms with Gasteiger partial charge in [0, 0.05) is 25.3 Å². The molecule has 0 bridgehead atoms. The fourth-order valence-electron chi connectivity index (χ4n) is 2.18. The van der Waals surface area contributed by atoms with Crippen LogP contribution in [0.25, 0.3) is 5.57 Å². The molecule has 0 aliphatic carbocycles. The Balaban J connectivity index is 2.99. The minimum Gasteiger partial charge on any atom is -0.371 e. The first kappa shape index (κ1) is 17.7. The number of amides is 1. The molecule has 0 aliphatic heterocycles. The maximum absolute atomic E-state index is 11.2. The Morgan fingerprint density at radius 2 is 1.82 bits per heavy atom. The maximum atomic E-state index is 11.2. The van der Waals surface area contributed by atoms with Crippen molar-refractivity contribution in [1.82, 2.24) is 4.90 Å². The van der Waals surface area contributed by atoms with Crippen molar-refractivity contribution >= 4 is 17.2 Å². The lowest BCUT2D eigenvalue weighted by Crippen LogP contribution is -2.31. The summed E-state index contributed by atoms with van der Waals surface area (Å²) in [6, 6.07) is 9.73. The average Bonchev–Trinajstić information content (AvgIpc) is 2.48. The number of primary amides is 1. The smallest absolute Gasteiger partial charge is 0.259 e. The van der Waals surface area contributed by atoms with E-state index in [0.29, 0.717) is 5.57 Å². The van der Waals surface area contributed by atoms with Gasteiger partial charge in [-0.05, 0) is 51.2 Å². The summed E-state index contributed by atoms with van der Waals surface area (Å²) in [7, 11) is 4.11. The van der Waals surface area contributed by atoms with Crippen LogP contribution in [0.15, 0.2) is 29.8 Å². The molecule has 1 aromatic rings. The molecule has 0 heterocycles. The highest BCUT2D eigenvalue weighted by atomic mass is 16.1. The molecule has 0 radical (unpaired) electrons. The molecule has 0 saturated heterocycles. The lowest BCUT2D eigenvalue weighted by Gasteiger charge is -2.25. The van der Waals surface area contributed by atoms with Crippen LogP contribution in [-0.4, -0.2) is 44.5 Å². The molecule has 0 atom stereocenters. The number of nitriles is 1. The SMILES string of the molecule is CCN(CCN(C)C)c1ccc(/C(C)=C(\C#N)C(N)=O)cc1. The van der Waals surface area contributed by atoms with Gasteiger partial charge >= 0.3 is 0 Å². The van der Waals surface area contributed by atoms with Crippen molar-refractivity contribution in [3.05, 3.63) is 35.4 Å². The minimum absolute atomic E-state index is 0.00713. The lowest BCUT2D eigenvalue weighted by atomic mass is 10.0. The Morgan fingerprint density at radius 1 is 1.23 bits per heavy atom. The third-order valence-corrected chi connectivity index (χ3v) is 3.60. The standard InChI is InChI=1S/C17H24N4O/c1-5-21(11-10-20(3)4)15-8-6-14(7-9-15)13(2)16(12-18)17(19)22/h6-9H,5,10-11H2,1-4H3,(H2,19,22)/b16-13+. The molecule has 5 heteroatoms. The van der Waals surface area contributed by atoms with Gasteiger partial charge in [-0.15, -0.1) is 0 Å². The summed E-state index contributed by atoms with van der Waals surface area (Å²) in [4.78, 5) is 15.7. The Labute approximate surface area is 132 Å². The van der Waals surface area contributed by atoms with Gasteiger partial charge in [0.05, 0.1) is 0 Å². The van der Waals surface area contributed by atoms with Crippen molar-refractivity contribution in [3.63, 3.8) is 0 Å². The normalized spacial score (nSPS) is 11.8. The number of benzene rings is 1. The molecular weight excluding hydrogens is 276 g/mol. The number of carbonyl (C=O) groups is 1. The quantitative estimate of drug-likeness (QED) is 0.616. The Bertz CT molecular complexity index is 582. The van der Waals surface area contributed by atoms with Crippen LogP contribution in [0, 0.1) is 11.3 Å². The van der Waals surface area contributed by atoms with E-state index in [1.807, 2.05) is 30.3 Å². The van der Waals surface area contributed by atoms with E-state index in [2.05, 4.69) is 30.8 Å². The second-order valence-electron chi connectivity index (χ2n) is 5.41. The zero-order valence-electron chi connectivity index (χ0n) is 13.8. The van der Waals surface area contributed by atoms with Gasteiger partial charge in [-0.3, -0.25) is 4.79 Å². The number of likely N-dealkylation sites (N-methyl/N-ethyl adjacent to an activating group) is 2. The van der Waals surface area contributed by atoms with Gasteiger partial charge in [-0.1, -0.05) is 12.1 Å². The third kappa shape index (κ3) is 4.61. The van der Waals surface area contributed by atoms with Crippen molar-refractivity contribution in [2.24, 2.45) is 5.73 Å². The predicted molar refractivity (Wildman–Crippen MR) is 90.3 cm³/mol. The third-order valence-electron chi connectivity index (χ3n) is 3.60. The first-order valence-corrected chi connectivity index (χ1v) is 7.31. The number of hydrogen-bond acceptors (Lipinski definition) is 4. The van der Waals surface area contributed by atoms with Crippen LogP contribution in [0.4, 0.5) is 5.69 Å². The molecule has 0 fully saturated rings. The number of hydrogen-bond donors (Lipinski definition) is 1. The van der Waals surface area contributed by atoms with Gasteiger partial charge in [-0.25, -0.2) is 0 Å². The van der Waals surface area contributed by atoms with Crippen LogP contribution < -0.4 is 10.6 Å². The molecular formula is C17H24N4O. The highest BCUT2D eigenvalue weighted by Crippen LogP contribution is 2.22. The van der Waals surface area contributed by atoms with Crippen molar-refractivity contribution in [2.45, 2.75) is 13.8 Å². The summed E-state index contributed by atoms with van der Waals surface area (Å²) in [5, 5.41) is 9.01. The van der Waals surface area contributed by atoms with Crippen molar-refractivity contribution in [1.29, 1.82) is 5.26 Å². The molecule has 1 aromatic carbocycles. The monoisotopic (exact) mass is 300 g/mol. The van der Waals surface area contributed by atoms with E-state index in [-0.39, 0.29) is 5.57 Å². The van der Waals surface area contributed by atoms with E-state index >= 15 is 0 Å². The van der Waals surface area contributed by atoms with Gasteiger partial charge in [-0.2, -0.15) is 5.26 Å². The highest BCUT2D eigenvalue weighted by Gasteiger charge is 2.11. The minimum atomic E-state index is -0.690. The van der Waals surface area contributed by atoms with Crippen LogP contribution in [0.5, 0.6) is 0 Å². The molecule has 1 rings (SSSR count). The first-order chi connectivity index (χ1) is 10.4. The summed E-state index contributed by atoms with van der Waals surface area (Å²) in [6.07, 6.45) is 0. The number of carbonyl (C=O) groups excluding carboxylic acids is 1. The van der Waals surface area contributed by atoms with Crippen LogP contribution in [0.2, 0.25) is 0 Å². The largest absolute Gasteiger partial charge is 0.371 e. The van der Waals surface area contributed by atoms with E-state index in [1.54, 1.807) is 6.92 Å². The van der Waals surface area contributed by atoms with Crippen molar-refractivity contribution in [2.75, 3.05) is 38.6 Å². The van der Waals surface area contributed by atoms with Crippen LogP contribution in [0.3, 0.4) is 0 Å². The summed E-state index contributed by atoms with van der Waals surface area (Å²) < 4.78 is 0. The summed E-state index contributed by atoms with van der Waals surface area (Å²) >= 11 is 0. The number of allylic oxidation sites excluding steroid dienone is 1. The molecule has 0 unspecified atom stereocenters. The molecule has 0 aliphatic rings. The zero-order valence-corrected chi connectivity index (χ0v) is 13.8. The molecule has 1 amide bonds. The number of nitrogens with zero attached hydrogens (tertiary/aromatic N) is 3. The van der Waals surface area contributed by atoms with Gasteiger partial charge in [0.1, 0.15) is 11.6 Å². The number of anilines is 1. The molecule has 22 heavy (non-hydrogen) atoms. The van der Waals surface area contributed by atoms with E-state index in [4.69, 9.17) is 11.0 Å². The lowest BCUT2D eigenvalue weighted by molar-refractivity contribution is -0.114. The van der Waals surface area contributed by atoms with Crippen LogP contribution in [-0.2, 0) is 4.79 Å². The van der Waals surface area contributed by atoms with E-state index in [0.717, 1.165) is 30.9 Å². The summed E-state index contributed by atoms with van der Waals surface area (Å²) in [6.45, 7) is 6.71. The van der Waals surface area contributed by atoms with Crippen molar-refractivity contribution < 1.29 is 4.79 Å². The number of nitrogens with two attached hydrogens (primary N) is 1.